The highest BCUT2D eigenvalue weighted by Gasteiger charge is 2.50. The van der Waals surface area contributed by atoms with Crippen molar-refractivity contribution in [3.63, 3.8) is 0 Å². The molecule has 2 aromatic rings. The highest BCUT2D eigenvalue weighted by molar-refractivity contribution is 6.31. The molecule has 0 spiro atoms. The Balaban J connectivity index is 1.94. The van der Waals surface area contributed by atoms with E-state index in [0.29, 0.717) is 5.69 Å². The highest BCUT2D eigenvalue weighted by atomic mass is 35.5. The second-order valence-electron chi connectivity index (χ2n) is 5.36. The van der Waals surface area contributed by atoms with Crippen LogP contribution in [0.15, 0.2) is 42.6 Å². The minimum atomic E-state index is -1.28. The number of hydrogen-bond acceptors (Lipinski definition) is 3. The number of rotatable bonds is 3. The van der Waals surface area contributed by atoms with Gasteiger partial charge in [-0.25, -0.2) is 9.18 Å². The van der Waals surface area contributed by atoms with Crippen LogP contribution >= 0.6 is 11.6 Å². The molecule has 118 valence electrons. The van der Waals surface area contributed by atoms with Gasteiger partial charge >= 0.3 is 6.03 Å². The lowest BCUT2D eigenvalue weighted by molar-refractivity contribution is -0.131. The van der Waals surface area contributed by atoms with Crippen LogP contribution < -0.4 is 5.32 Å². The summed E-state index contributed by atoms with van der Waals surface area (Å²) >= 11 is 5.97. The number of carbonyl (C=O) groups excluding carboxylic acids is 2. The second kappa shape index (κ2) is 5.62. The first-order chi connectivity index (χ1) is 10.9. The number of nitrogens with one attached hydrogen (secondary N) is 1. The number of hydrogen-bond donors (Lipinski definition) is 1. The molecule has 1 N–H and O–H groups in total. The summed E-state index contributed by atoms with van der Waals surface area (Å²) < 4.78 is 13.9. The van der Waals surface area contributed by atoms with Crippen molar-refractivity contribution in [2.24, 2.45) is 0 Å². The molecule has 1 aromatic carbocycles. The van der Waals surface area contributed by atoms with Gasteiger partial charge in [-0.05, 0) is 31.2 Å². The summed E-state index contributed by atoms with van der Waals surface area (Å²) in [5, 5.41) is 2.78. The first-order valence-electron chi connectivity index (χ1n) is 6.92. The third-order valence-corrected chi connectivity index (χ3v) is 4.18. The molecular formula is C16H13ClFN3O2. The quantitative estimate of drug-likeness (QED) is 0.879. The average Bonchev–Trinajstić information content (AvgIpc) is 2.75. The largest absolute Gasteiger partial charge is 0.325 e. The summed E-state index contributed by atoms with van der Waals surface area (Å²) in [6.45, 7) is 1.33. The van der Waals surface area contributed by atoms with Gasteiger partial charge in [0, 0.05) is 16.8 Å². The van der Waals surface area contributed by atoms with Gasteiger partial charge < -0.3 is 5.32 Å². The predicted octanol–water partition coefficient (Wildman–Crippen LogP) is 2.84. The maximum atomic E-state index is 13.9. The van der Waals surface area contributed by atoms with Gasteiger partial charge in [-0.15, -0.1) is 0 Å². The van der Waals surface area contributed by atoms with Crippen LogP contribution in [-0.4, -0.2) is 21.8 Å². The topological polar surface area (TPSA) is 62.3 Å². The summed E-state index contributed by atoms with van der Waals surface area (Å²) in [4.78, 5) is 30.0. The van der Waals surface area contributed by atoms with Crippen LogP contribution in [0.25, 0.3) is 0 Å². The van der Waals surface area contributed by atoms with E-state index in [1.807, 2.05) is 0 Å². The second-order valence-corrected chi connectivity index (χ2v) is 5.77. The minimum Gasteiger partial charge on any atom is -0.318 e. The lowest BCUT2D eigenvalue weighted by Crippen LogP contribution is -2.41. The molecule has 1 fully saturated rings. The van der Waals surface area contributed by atoms with Gasteiger partial charge in [-0.2, -0.15) is 0 Å². The molecule has 1 aromatic heterocycles. The molecule has 1 atom stereocenters. The molecule has 1 saturated heterocycles. The standard InChI is InChI=1S/C16H13ClFN3O2/c1-16(13-7-2-3-8-19-13)14(22)21(15(23)20-16)9-10-11(17)5-4-6-12(10)18/h2-8H,9H2,1H3,(H,20,23). The number of aromatic nitrogens is 1. The van der Waals surface area contributed by atoms with Crippen molar-refractivity contribution in [1.82, 2.24) is 15.2 Å². The fourth-order valence-corrected chi connectivity index (χ4v) is 2.74. The molecule has 1 aliphatic rings. The lowest BCUT2D eigenvalue weighted by Gasteiger charge is -2.21. The van der Waals surface area contributed by atoms with Crippen LogP contribution in [-0.2, 0) is 16.9 Å². The van der Waals surface area contributed by atoms with Gasteiger partial charge in [0.2, 0.25) is 0 Å². The fourth-order valence-electron chi connectivity index (χ4n) is 2.51. The van der Waals surface area contributed by atoms with Crippen molar-refractivity contribution in [1.29, 1.82) is 0 Å². The smallest absolute Gasteiger partial charge is 0.318 e. The summed E-state index contributed by atoms with van der Waals surface area (Å²) in [7, 11) is 0. The molecule has 0 aliphatic carbocycles. The van der Waals surface area contributed by atoms with Crippen LogP contribution in [0.2, 0.25) is 5.02 Å². The van der Waals surface area contributed by atoms with Crippen molar-refractivity contribution < 1.29 is 14.0 Å². The zero-order valence-electron chi connectivity index (χ0n) is 12.2. The van der Waals surface area contributed by atoms with Crippen molar-refractivity contribution in [2.75, 3.05) is 0 Å². The molecule has 1 aliphatic heterocycles. The first-order valence-corrected chi connectivity index (χ1v) is 7.30. The van der Waals surface area contributed by atoms with E-state index in [1.165, 1.54) is 24.4 Å². The Morgan fingerprint density at radius 3 is 2.70 bits per heavy atom. The molecule has 0 saturated carbocycles. The van der Waals surface area contributed by atoms with Gasteiger partial charge in [-0.1, -0.05) is 23.7 Å². The normalized spacial score (nSPS) is 20.7. The van der Waals surface area contributed by atoms with E-state index in [-0.39, 0.29) is 17.1 Å². The number of urea groups is 1. The lowest BCUT2D eigenvalue weighted by atomic mass is 9.97. The molecule has 7 heteroatoms. The Hall–Kier alpha value is -2.47. The van der Waals surface area contributed by atoms with Crippen LogP contribution in [0, 0.1) is 5.82 Å². The van der Waals surface area contributed by atoms with Gasteiger partial charge in [0.1, 0.15) is 5.82 Å². The molecule has 0 radical (unpaired) electrons. The van der Waals surface area contributed by atoms with Crippen molar-refractivity contribution in [2.45, 2.75) is 19.0 Å². The highest BCUT2D eigenvalue weighted by Crippen LogP contribution is 2.30. The van der Waals surface area contributed by atoms with Crippen LogP contribution in [0.1, 0.15) is 18.2 Å². The Labute approximate surface area is 137 Å². The number of nitrogens with zero attached hydrogens (tertiary/aromatic N) is 2. The van der Waals surface area contributed by atoms with E-state index in [2.05, 4.69) is 10.3 Å². The van der Waals surface area contributed by atoms with E-state index in [4.69, 9.17) is 11.6 Å². The third kappa shape index (κ3) is 2.55. The van der Waals surface area contributed by atoms with Gasteiger partial charge in [0.25, 0.3) is 5.91 Å². The molecule has 3 amide bonds. The number of benzene rings is 1. The number of carbonyl (C=O) groups is 2. The fraction of sp³-hybridized carbons (Fsp3) is 0.188. The van der Waals surface area contributed by atoms with Crippen LogP contribution in [0.5, 0.6) is 0 Å². The van der Waals surface area contributed by atoms with E-state index in [0.717, 1.165) is 4.90 Å². The predicted molar refractivity (Wildman–Crippen MR) is 82.1 cm³/mol. The molecule has 23 heavy (non-hydrogen) atoms. The maximum absolute atomic E-state index is 13.9. The molecule has 3 rings (SSSR count). The van der Waals surface area contributed by atoms with Crippen molar-refractivity contribution in [3.05, 3.63) is 64.7 Å². The van der Waals surface area contributed by atoms with Crippen molar-refractivity contribution in [3.8, 4) is 0 Å². The van der Waals surface area contributed by atoms with Crippen LogP contribution in [0.3, 0.4) is 0 Å². The maximum Gasteiger partial charge on any atom is 0.325 e. The zero-order chi connectivity index (χ0) is 16.6. The number of halogens is 2. The Kier molecular flexibility index (Phi) is 3.77. The molecule has 1 unspecified atom stereocenters. The average molecular weight is 334 g/mol. The third-order valence-electron chi connectivity index (χ3n) is 3.83. The van der Waals surface area contributed by atoms with E-state index in [1.54, 1.807) is 25.1 Å². The number of imide groups is 1. The summed E-state index contributed by atoms with van der Waals surface area (Å²) in [5.41, 5.74) is -0.765. The zero-order valence-corrected chi connectivity index (χ0v) is 13.0. The summed E-state index contributed by atoms with van der Waals surface area (Å²) in [5.74, 6) is -1.06. The van der Waals surface area contributed by atoms with E-state index < -0.39 is 23.3 Å². The summed E-state index contributed by atoms with van der Waals surface area (Å²) in [6, 6.07) is 8.69. The Bertz CT molecular complexity index is 764. The number of pyridine rings is 1. The molecule has 0 bridgehead atoms. The number of amides is 3. The van der Waals surface area contributed by atoms with Gasteiger partial charge in [0.15, 0.2) is 5.54 Å². The molecule has 2 heterocycles. The SMILES string of the molecule is CC1(c2ccccn2)NC(=O)N(Cc2c(F)cccc2Cl)C1=O. The minimum absolute atomic E-state index is 0.0999. The van der Waals surface area contributed by atoms with Crippen molar-refractivity contribution >= 4 is 23.5 Å². The first kappa shape index (κ1) is 15.4. The molecular weight excluding hydrogens is 321 g/mol. The van der Waals surface area contributed by atoms with Gasteiger partial charge in [0.05, 0.1) is 12.2 Å². The van der Waals surface area contributed by atoms with Crippen LogP contribution in [0.4, 0.5) is 9.18 Å². The van der Waals surface area contributed by atoms with E-state index in [9.17, 15) is 14.0 Å². The van der Waals surface area contributed by atoms with Gasteiger partial charge in [-0.3, -0.25) is 14.7 Å². The Morgan fingerprint density at radius 2 is 2.04 bits per heavy atom. The molecule has 5 nitrogen and oxygen atoms in total. The van der Waals surface area contributed by atoms with E-state index >= 15 is 0 Å². The Morgan fingerprint density at radius 1 is 1.26 bits per heavy atom. The monoisotopic (exact) mass is 333 g/mol. The summed E-state index contributed by atoms with van der Waals surface area (Å²) in [6.07, 6.45) is 1.54.